The molecule has 2 atom stereocenters. The van der Waals surface area contributed by atoms with Crippen molar-refractivity contribution in [2.75, 3.05) is 25.0 Å². The van der Waals surface area contributed by atoms with Crippen LogP contribution < -0.4 is 4.90 Å². The van der Waals surface area contributed by atoms with Gasteiger partial charge < -0.3 is 9.88 Å². The first-order chi connectivity index (χ1) is 14.6. The molecule has 3 heterocycles. The maximum atomic E-state index is 13.4. The Hall–Kier alpha value is -2.45. The van der Waals surface area contributed by atoms with Crippen LogP contribution in [0.1, 0.15) is 39.7 Å². The van der Waals surface area contributed by atoms with Crippen LogP contribution in [-0.2, 0) is 15.4 Å². The maximum Gasteiger partial charge on any atom is 0.243 e. The van der Waals surface area contributed by atoms with Crippen molar-refractivity contribution in [2.45, 2.75) is 50.5 Å². The van der Waals surface area contributed by atoms with Gasteiger partial charge in [-0.15, -0.1) is 0 Å². The van der Waals surface area contributed by atoms with Crippen molar-refractivity contribution in [3.63, 3.8) is 0 Å². The number of benzene rings is 1. The van der Waals surface area contributed by atoms with Gasteiger partial charge in [-0.25, -0.2) is 18.4 Å². The first-order valence-corrected chi connectivity index (χ1v) is 12.1. The van der Waals surface area contributed by atoms with Crippen LogP contribution in [0.2, 0.25) is 0 Å². The topological polar surface area (TPSA) is 82.2 Å². The van der Waals surface area contributed by atoms with Crippen LogP contribution in [0.5, 0.6) is 0 Å². The van der Waals surface area contributed by atoms with E-state index in [2.05, 4.69) is 47.5 Å². The molecule has 0 radical (unpaired) electrons. The number of nitrogens with zero attached hydrogens (tertiary/aromatic N) is 4. The fraction of sp³-hybridized carbons (Fsp3) is 0.478. The Labute approximate surface area is 184 Å². The Morgan fingerprint density at radius 3 is 2.52 bits per heavy atom. The highest BCUT2D eigenvalue weighted by atomic mass is 32.2. The van der Waals surface area contributed by atoms with Crippen LogP contribution in [-0.4, -0.2) is 53.9 Å². The molecule has 0 amide bonds. The Kier molecular flexibility index (Phi) is 5.55. The summed E-state index contributed by atoms with van der Waals surface area (Å²) in [5, 5.41) is 0.940. The molecule has 1 aliphatic rings. The smallest absolute Gasteiger partial charge is 0.243 e. The number of aromatic amines is 1. The summed E-state index contributed by atoms with van der Waals surface area (Å²) in [7, 11) is -1.57. The van der Waals surface area contributed by atoms with Crippen molar-refractivity contribution in [1.29, 1.82) is 0 Å². The molecule has 7 nitrogen and oxygen atoms in total. The van der Waals surface area contributed by atoms with Crippen LogP contribution in [0.3, 0.4) is 0 Å². The first kappa shape index (κ1) is 21.8. The van der Waals surface area contributed by atoms with E-state index in [0.29, 0.717) is 23.9 Å². The number of piperidine rings is 1. The number of likely N-dealkylation sites (N-methyl/N-ethyl adjacent to an activating group) is 1. The molecule has 8 heteroatoms. The molecule has 31 heavy (non-hydrogen) atoms. The van der Waals surface area contributed by atoms with Gasteiger partial charge in [-0.2, -0.15) is 4.31 Å². The molecule has 166 valence electrons. The highest BCUT2D eigenvalue weighted by molar-refractivity contribution is 7.89. The van der Waals surface area contributed by atoms with E-state index >= 15 is 0 Å². The van der Waals surface area contributed by atoms with E-state index in [0.717, 1.165) is 28.8 Å². The molecule has 2 aromatic heterocycles. The Morgan fingerprint density at radius 2 is 1.84 bits per heavy atom. The quantitative estimate of drug-likeness (QED) is 0.666. The number of hydrogen-bond acceptors (Lipinski definition) is 5. The average Bonchev–Trinajstić information content (AvgIpc) is 3.22. The van der Waals surface area contributed by atoms with Crippen LogP contribution in [0.15, 0.2) is 47.8 Å². The third kappa shape index (κ3) is 4.06. The summed E-state index contributed by atoms with van der Waals surface area (Å²) >= 11 is 0. The summed E-state index contributed by atoms with van der Waals surface area (Å²) in [4.78, 5) is 14.3. The zero-order valence-corrected chi connectivity index (χ0v) is 19.6. The molecule has 0 bridgehead atoms. The molecule has 1 fully saturated rings. The molecule has 1 N–H and O–H groups in total. The standard InChI is InChI=1S/C23H31N5O2S/c1-16-11-13-28(31(29,30)18-8-6-17(7-9-18)23(2,3)4)14-20(16)27(5)22-19-10-12-24-21(19)25-15-26-22/h6-10,12,15-16,20H,11,13-14H2,1-5H3,(H,24,25,26). The highest BCUT2D eigenvalue weighted by Gasteiger charge is 2.36. The zero-order chi connectivity index (χ0) is 22.4. The largest absolute Gasteiger partial charge is 0.354 e. The third-order valence-electron chi connectivity index (χ3n) is 6.40. The molecular weight excluding hydrogens is 410 g/mol. The monoisotopic (exact) mass is 441 g/mol. The van der Waals surface area contributed by atoms with E-state index in [1.165, 1.54) is 0 Å². The van der Waals surface area contributed by atoms with Gasteiger partial charge in [0.1, 0.15) is 17.8 Å². The molecule has 0 aliphatic carbocycles. The number of aromatic nitrogens is 3. The van der Waals surface area contributed by atoms with E-state index in [9.17, 15) is 8.42 Å². The Balaban J connectivity index is 1.60. The van der Waals surface area contributed by atoms with Gasteiger partial charge in [-0.1, -0.05) is 39.8 Å². The van der Waals surface area contributed by atoms with Gasteiger partial charge in [0.2, 0.25) is 10.0 Å². The zero-order valence-electron chi connectivity index (χ0n) is 18.8. The van der Waals surface area contributed by atoms with Gasteiger partial charge in [-0.3, -0.25) is 0 Å². The number of sulfonamides is 1. The molecule has 0 saturated carbocycles. The Morgan fingerprint density at radius 1 is 1.13 bits per heavy atom. The number of fused-ring (bicyclic) bond motifs is 1. The van der Waals surface area contributed by atoms with E-state index in [4.69, 9.17) is 0 Å². The van der Waals surface area contributed by atoms with Crippen LogP contribution in [0.25, 0.3) is 11.0 Å². The number of H-pyrrole nitrogens is 1. The van der Waals surface area contributed by atoms with Crippen molar-refractivity contribution in [1.82, 2.24) is 19.3 Å². The third-order valence-corrected chi connectivity index (χ3v) is 8.28. The van der Waals surface area contributed by atoms with Gasteiger partial charge in [0, 0.05) is 32.4 Å². The van der Waals surface area contributed by atoms with Crippen molar-refractivity contribution < 1.29 is 8.42 Å². The summed E-state index contributed by atoms with van der Waals surface area (Å²) in [5.74, 6) is 1.15. The summed E-state index contributed by atoms with van der Waals surface area (Å²) in [6.45, 7) is 9.50. The number of hydrogen-bond donors (Lipinski definition) is 1. The van der Waals surface area contributed by atoms with E-state index < -0.39 is 10.0 Å². The number of anilines is 1. The maximum absolute atomic E-state index is 13.4. The lowest BCUT2D eigenvalue weighted by atomic mass is 9.87. The first-order valence-electron chi connectivity index (χ1n) is 10.7. The summed E-state index contributed by atoms with van der Waals surface area (Å²) in [6.07, 6.45) is 4.19. The number of nitrogens with one attached hydrogen (secondary N) is 1. The van der Waals surface area contributed by atoms with Gasteiger partial charge in [0.15, 0.2) is 0 Å². The normalized spacial score (nSPS) is 20.8. The van der Waals surface area contributed by atoms with Crippen molar-refractivity contribution in [3.8, 4) is 0 Å². The average molecular weight is 442 g/mol. The van der Waals surface area contributed by atoms with Gasteiger partial charge in [0.05, 0.1) is 10.3 Å². The predicted octanol–water partition coefficient (Wildman–Crippen LogP) is 3.79. The minimum Gasteiger partial charge on any atom is -0.354 e. The molecule has 1 aliphatic heterocycles. The minimum atomic E-state index is -3.56. The van der Waals surface area contributed by atoms with Crippen LogP contribution >= 0.6 is 0 Å². The molecule has 0 spiro atoms. The Bertz CT molecular complexity index is 1160. The second-order valence-corrected chi connectivity index (χ2v) is 11.5. The van der Waals surface area contributed by atoms with E-state index in [1.807, 2.05) is 31.4 Å². The summed E-state index contributed by atoms with van der Waals surface area (Å²) in [6, 6.07) is 9.30. The lowest BCUT2D eigenvalue weighted by Crippen LogP contribution is -2.52. The van der Waals surface area contributed by atoms with Gasteiger partial charge in [0.25, 0.3) is 0 Å². The van der Waals surface area contributed by atoms with E-state index in [1.54, 1.807) is 22.8 Å². The van der Waals surface area contributed by atoms with Gasteiger partial charge in [-0.05, 0) is 41.5 Å². The molecule has 2 unspecified atom stereocenters. The lowest BCUT2D eigenvalue weighted by Gasteiger charge is -2.41. The fourth-order valence-electron chi connectivity index (χ4n) is 4.32. The van der Waals surface area contributed by atoms with Crippen LogP contribution in [0.4, 0.5) is 5.82 Å². The molecular formula is C23H31N5O2S. The highest BCUT2D eigenvalue weighted by Crippen LogP contribution is 2.31. The lowest BCUT2D eigenvalue weighted by molar-refractivity contribution is 0.247. The second kappa shape index (κ2) is 7.91. The van der Waals surface area contributed by atoms with E-state index in [-0.39, 0.29) is 11.5 Å². The second-order valence-electron chi connectivity index (χ2n) is 9.52. The van der Waals surface area contributed by atoms with Crippen molar-refractivity contribution in [2.24, 2.45) is 5.92 Å². The SMILES string of the molecule is CC1CCN(S(=O)(=O)c2ccc(C(C)(C)C)cc2)CC1N(C)c1ncnc2[nH]ccc12. The van der Waals surface area contributed by atoms with Gasteiger partial charge >= 0.3 is 0 Å². The predicted molar refractivity (Wildman–Crippen MR) is 124 cm³/mol. The summed E-state index contributed by atoms with van der Waals surface area (Å²) in [5.41, 5.74) is 1.89. The summed E-state index contributed by atoms with van der Waals surface area (Å²) < 4.78 is 28.4. The molecule has 1 aromatic carbocycles. The van der Waals surface area contributed by atoms with Crippen LogP contribution in [0, 0.1) is 5.92 Å². The molecule has 1 saturated heterocycles. The molecule has 3 aromatic rings. The van der Waals surface area contributed by atoms with Crippen molar-refractivity contribution in [3.05, 3.63) is 48.4 Å². The number of rotatable bonds is 4. The minimum absolute atomic E-state index is 0.0161. The molecule has 4 rings (SSSR count). The fourth-order valence-corrected chi connectivity index (χ4v) is 5.79. The van der Waals surface area contributed by atoms with Crippen molar-refractivity contribution >= 4 is 26.9 Å².